The summed E-state index contributed by atoms with van der Waals surface area (Å²) in [5.41, 5.74) is 2.10. The van der Waals surface area contributed by atoms with Gasteiger partial charge in [-0.1, -0.05) is 30.3 Å². The minimum atomic E-state index is 0.0546. The highest BCUT2D eigenvalue weighted by atomic mass is 16.5. The Morgan fingerprint density at radius 2 is 1.74 bits per heavy atom. The average molecular weight is 365 g/mol. The number of aromatic nitrogens is 1. The summed E-state index contributed by atoms with van der Waals surface area (Å²) in [5.74, 6) is 1.77. The van der Waals surface area contributed by atoms with Crippen molar-refractivity contribution in [2.75, 3.05) is 44.3 Å². The zero-order valence-electron chi connectivity index (χ0n) is 15.7. The lowest BCUT2D eigenvalue weighted by Crippen LogP contribution is -2.40. The molecule has 5 nitrogen and oxygen atoms in total. The summed E-state index contributed by atoms with van der Waals surface area (Å²) in [5, 5.41) is 0. The largest absolute Gasteiger partial charge is 0.378 e. The summed E-state index contributed by atoms with van der Waals surface area (Å²) in [6.07, 6.45) is 5.26. The molecule has 1 amide bonds. The molecule has 0 saturated carbocycles. The number of benzene rings is 1. The van der Waals surface area contributed by atoms with E-state index in [0.717, 1.165) is 31.2 Å². The zero-order chi connectivity index (χ0) is 18.5. The lowest BCUT2D eigenvalue weighted by atomic mass is 9.90. The summed E-state index contributed by atoms with van der Waals surface area (Å²) in [6, 6.07) is 14.7. The van der Waals surface area contributed by atoms with Gasteiger partial charge in [-0.25, -0.2) is 4.98 Å². The Bertz CT molecular complexity index is 734. The first-order valence-electron chi connectivity index (χ1n) is 9.91. The fraction of sp³-hybridized carbons (Fsp3) is 0.455. The molecule has 2 fully saturated rings. The maximum absolute atomic E-state index is 12.5. The predicted octanol–water partition coefficient (Wildman–Crippen LogP) is 3.01. The predicted molar refractivity (Wildman–Crippen MR) is 106 cm³/mol. The molecule has 1 aromatic carbocycles. The number of anilines is 1. The molecule has 0 aliphatic carbocycles. The number of nitrogens with zero attached hydrogens (tertiary/aromatic N) is 3. The van der Waals surface area contributed by atoms with E-state index < -0.39 is 0 Å². The third-order valence-corrected chi connectivity index (χ3v) is 5.60. The summed E-state index contributed by atoms with van der Waals surface area (Å²) in [4.78, 5) is 21.3. The monoisotopic (exact) mass is 365 g/mol. The maximum atomic E-state index is 12.5. The number of carbonyl (C=O) groups excluding carboxylic acids is 1. The van der Waals surface area contributed by atoms with Gasteiger partial charge in [0.2, 0.25) is 0 Å². The van der Waals surface area contributed by atoms with Crippen LogP contribution in [0.25, 0.3) is 0 Å². The summed E-state index contributed by atoms with van der Waals surface area (Å²) in [7, 11) is 0. The molecule has 4 rings (SSSR count). The van der Waals surface area contributed by atoms with Gasteiger partial charge in [-0.15, -0.1) is 0 Å². The van der Waals surface area contributed by atoms with Crippen molar-refractivity contribution < 1.29 is 9.53 Å². The van der Waals surface area contributed by atoms with Gasteiger partial charge in [0.25, 0.3) is 5.91 Å². The molecule has 2 aliphatic heterocycles. The molecule has 3 heterocycles. The third kappa shape index (κ3) is 4.48. The highest BCUT2D eigenvalue weighted by molar-refractivity contribution is 5.94. The molecule has 0 atom stereocenters. The van der Waals surface area contributed by atoms with Crippen LogP contribution >= 0.6 is 0 Å². The van der Waals surface area contributed by atoms with E-state index in [-0.39, 0.29) is 5.91 Å². The molecule has 2 aliphatic rings. The van der Waals surface area contributed by atoms with Crippen LogP contribution in [-0.2, 0) is 11.2 Å². The minimum Gasteiger partial charge on any atom is -0.378 e. The highest BCUT2D eigenvalue weighted by Crippen LogP contribution is 2.25. The van der Waals surface area contributed by atoms with Gasteiger partial charge >= 0.3 is 0 Å². The maximum Gasteiger partial charge on any atom is 0.255 e. The molecule has 0 radical (unpaired) electrons. The number of morpholine rings is 1. The van der Waals surface area contributed by atoms with Gasteiger partial charge in [-0.3, -0.25) is 4.79 Å². The SMILES string of the molecule is O=C(c1ccc(N2CCC(Cc3ccccc3)CC2)nc1)N1CCOCC1. The number of pyridine rings is 1. The van der Waals surface area contributed by atoms with Crippen LogP contribution in [0.5, 0.6) is 0 Å². The molecular weight excluding hydrogens is 338 g/mol. The first-order chi connectivity index (χ1) is 13.3. The van der Waals surface area contributed by atoms with E-state index in [1.54, 1.807) is 6.20 Å². The molecule has 5 heteroatoms. The molecule has 142 valence electrons. The molecule has 0 unspecified atom stereocenters. The van der Waals surface area contributed by atoms with E-state index in [9.17, 15) is 4.79 Å². The van der Waals surface area contributed by atoms with Gasteiger partial charge in [0.15, 0.2) is 0 Å². The number of hydrogen-bond acceptors (Lipinski definition) is 4. The summed E-state index contributed by atoms with van der Waals surface area (Å²) >= 11 is 0. The number of piperidine rings is 1. The van der Waals surface area contributed by atoms with Gasteiger partial charge < -0.3 is 14.5 Å². The van der Waals surface area contributed by atoms with Crippen LogP contribution in [0.1, 0.15) is 28.8 Å². The average Bonchev–Trinajstić information content (AvgIpc) is 2.75. The number of carbonyl (C=O) groups is 1. The Morgan fingerprint density at radius 1 is 1.00 bits per heavy atom. The molecule has 0 bridgehead atoms. The first kappa shape index (κ1) is 18.0. The molecule has 27 heavy (non-hydrogen) atoms. The van der Waals surface area contributed by atoms with Crippen LogP contribution < -0.4 is 4.90 Å². The fourth-order valence-electron chi connectivity index (χ4n) is 3.96. The minimum absolute atomic E-state index is 0.0546. The van der Waals surface area contributed by atoms with E-state index in [2.05, 4.69) is 40.2 Å². The standard InChI is InChI=1S/C22H27N3O2/c26-22(25-12-14-27-15-13-25)20-6-7-21(23-17-20)24-10-8-19(9-11-24)16-18-4-2-1-3-5-18/h1-7,17,19H,8-16H2. The number of rotatable bonds is 4. The highest BCUT2D eigenvalue weighted by Gasteiger charge is 2.22. The van der Waals surface area contributed by atoms with E-state index in [4.69, 9.17) is 4.74 Å². The van der Waals surface area contributed by atoms with Crippen LogP contribution in [-0.4, -0.2) is 55.2 Å². The van der Waals surface area contributed by atoms with Crippen molar-refractivity contribution in [2.24, 2.45) is 5.92 Å². The van der Waals surface area contributed by atoms with Gasteiger partial charge in [0, 0.05) is 32.4 Å². The van der Waals surface area contributed by atoms with Gasteiger partial charge in [0.05, 0.1) is 18.8 Å². The third-order valence-electron chi connectivity index (χ3n) is 5.60. The zero-order valence-corrected chi connectivity index (χ0v) is 15.7. The van der Waals surface area contributed by atoms with Crippen molar-refractivity contribution in [3.63, 3.8) is 0 Å². The second-order valence-electron chi connectivity index (χ2n) is 7.43. The Hall–Kier alpha value is -2.40. The smallest absolute Gasteiger partial charge is 0.255 e. The van der Waals surface area contributed by atoms with Crippen LogP contribution in [0, 0.1) is 5.92 Å². The molecular formula is C22H27N3O2. The van der Waals surface area contributed by atoms with E-state index >= 15 is 0 Å². The lowest BCUT2D eigenvalue weighted by molar-refractivity contribution is 0.0302. The number of hydrogen-bond donors (Lipinski definition) is 0. The van der Waals surface area contributed by atoms with E-state index in [1.807, 2.05) is 17.0 Å². The van der Waals surface area contributed by atoms with Crippen LogP contribution in [0.4, 0.5) is 5.82 Å². The summed E-state index contributed by atoms with van der Waals surface area (Å²) < 4.78 is 5.31. The van der Waals surface area contributed by atoms with Crippen LogP contribution in [0.15, 0.2) is 48.7 Å². The molecule has 0 N–H and O–H groups in total. The van der Waals surface area contributed by atoms with Crippen molar-refractivity contribution in [2.45, 2.75) is 19.3 Å². The van der Waals surface area contributed by atoms with Gasteiger partial charge in [-0.2, -0.15) is 0 Å². The fourth-order valence-corrected chi connectivity index (χ4v) is 3.96. The van der Waals surface area contributed by atoms with Crippen molar-refractivity contribution in [3.05, 3.63) is 59.8 Å². The van der Waals surface area contributed by atoms with Crippen molar-refractivity contribution in [3.8, 4) is 0 Å². The Kier molecular flexibility index (Phi) is 5.68. The number of amides is 1. The topological polar surface area (TPSA) is 45.7 Å². The lowest BCUT2D eigenvalue weighted by Gasteiger charge is -2.33. The van der Waals surface area contributed by atoms with Crippen molar-refractivity contribution >= 4 is 11.7 Å². The second kappa shape index (κ2) is 8.53. The van der Waals surface area contributed by atoms with Crippen molar-refractivity contribution in [1.29, 1.82) is 0 Å². The quantitative estimate of drug-likeness (QED) is 0.836. The molecule has 1 aromatic heterocycles. The number of ether oxygens (including phenoxy) is 1. The van der Waals surface area contributed by atoms with Crippen LogP contribution in [0.3, 0.4) is 0 Å². The Balaban J connectivity index is 1.31. The normalized spacial score (nSPS) is 18.5. The second-order valence-corrected chi connectivity index (χ2v) is 7.43. The van der Waals surface area contributed by atoms with E-state index in [1.165, 1.54) is 18.4 Å². The molecule has 2 saturated heterocycles. The Morgan fingerprint density at radius 3 is 2.41 bits per heavy atom. The summed E-state index contributed by atoms with van der Waals surface area (Å²) in [6.45, 7) is 4.62. The van der Waals surface area contributed by atoms with E-state index in [0.29, 0.717) is 31.9 Å². The van der Waals surface area contributed by atoms with Gasteiger partial charge in [-0.05, 0) is 42.9 Å². The Labute approximate surface area is 161 Å². The molecule has 2 aromatic rings. The van der Waals surface area contributed by atoms with Crippen LogP contribution in [0.2, 0.25) is 0 Å². The first-order valence-corrected chi connectivity index (χ1v) is 9.91. The van der Waals surface area contributed by atoms with Crippen molar-refractivity contribution in [1.82, 2.24) is 9.88 Å². The van der Waals surface area contributed by atoms with Gasteiger partial charge in [0.1, 0.15) is 5.82 Å². The molecule has 0 spiro atoms.